The lowest BCUT2D eigenvalue weighted by Crippen LogP contribution is -2.23. The van der Waals surface area contributed by atoms with E-state index in [2.05, 4.69) is 0 Å². The first-order valence-corrected chi connectivity index (χ1v) is 11.4. The molecule has 3 rings (SSSR count). The molecule has 9 heteroatoms. The lowest BCUT2D eigenvalue weighted by Gasteiger charge is -2.16. The normalized spacial score (nSPS) is 12.7. The van der Waals surface area contributed by atoms with Gasteiger partial charge in [0.15, 0.2) is 0 Å². The molecule has 0 aliphatic rings. The first-order chi connectivity index (χ1) is 15.0. The molecule has 0 fully saturated rings. The van der Waals surface area contributed by atoms with E-state index in [1.807, 2.05) is 0 Å². The minimum Gasteiger partial charge on any atom is -0.478 e. The first-order valence-electron chi connectivity index (χ1n) is 9.94. The minimum absolute atomic E-state index is 0.0592. The highest BCUT2D eigenvalue weighted by Gasteiger charge is 2.24. The summed E-state index contributed by atoms with van der Waals surface area (Å²) in [4.78, 5) is 11.8. The van der Waals surface area contributed by atoms with Gasteiger partial charge in [-0.15, -0.1) is 0 Å². The topological polar surface area (TPSA) is 106 Å². The van der Waals surface area contributed by atoms with E-state index in [0.29, 0.717) is 33.3 Å². The van der Waals surface area contributed by atoms with Gasteiger partial charge in [0.2, 0.25) is 10.0 Å². The fourth-order valence-electron chi connectivity index (χ4n) is 3.86. The molecule has 0 aliphatic carbocycles. The second-order valence-electron chi connectivity index (χ2n) is 7.69. The maximum Gasteiger partial charge on any atom is 0.335 e. The largest absolute Gasteiger partial charge is 0.478 e. The van der Waals surface area contributed by atoms with Crippen LogP contribution < -0.4 is 5.73 Å². The lowest BCUT2D eigenvalue weighted by molar-refractivity contribution is 0.0697. The molecule has 1 aromatic heterocycles. The van der Waals surface area contributed by atoms with Crippen molar-refractivity contribution in [2.45, 2.75) is 25.3 Å². The third-order valence-electron chi connectivity index (χ3n) is 5.53. The smallest absolute Gasteiger partial charge is 0.335 e. The van der Waals surface area contributed by atoms with Crippen molar-refractivity contribution in [2.75, 3.05) is 20.6 Å². The molecular weight excluding hydrogens is 433 g/mol. The number of halogens is 1. The number of benzene rings is 2. The number of nitrogens with zero attached hydrogens (tertiary/aromatic N) is 2. The number of rotatable bonds is 7. The summed E-state index contributed by atoms with van der Waals surface area (Å²) in [5.41, 5.74) is 8.68. The highest BCUT2D eigenvalue weighted by molar-refractivity contribution is 7.89. The minimum atomic E-state index is -3.70. The Morgan fingerprint density at radius 1 is 1.22 bits per heavy atom. The van der Waals surface area contributed by atoms with Crippen molar-refractivity contribution in [3.05, 3.63) is 65.1 Å². The van der Waals surface area contributed by atoms with E-state index in [9.17, 15) is 22.7 Å². The Hall–Kier alpha value is -3.01. The van der Waals surface area contributed by atoms with Crippen molar-refractivity contribution in [2.24, 2.45) is 5.73 Å². The number of hydrogen-bond donors (Lipinski definition) is 2. The summed E-state index contributed by atoms with van der Waals surface area (Å²) >= 11 is 0. The van der Waals surface area contributed by atoms with Crippen molar-refractivity contribution < 1.29 is 22.7 Å². The summed E-state index contributed by atoms with van der Waals surface area (Å²) in [6.45, 7) is 3.51. The molecule has 3 N–H and O–H groups in total. The maximum atomic E-state index is 14.4. The molecule has 32 heavy (non-hydrogen) atoms. The number of nitrogens with two attached hydrogens (primary N) is 1. The standard InChI is InChI=1S/C23H26FN3O4S/c1-14-18(6-5-7-21(14)32(30,31)26(3)4)22-15(2)27(13-17(24)10-11-25)20-9-8-16(23(28)29)12-19(20)22/h5-10,12H,11,13,25H2,1-4H3,(H,28,29). The van der Waals surface area contributed by atoms with Gasteiger partial charge in [-0.25, -0.2) is 21.9 Å². The third-order valence-corrected chi connectivity index (χ3v) is 7.49. The van der Waals surface area contributed by atoms with Gasteiger partial charge in [-0.1, -0.05) is 12.1 Å². The molecule has 0 aliphatic heterocycles. The molecule has 170 valence electrons. The molecule has 3 aromatic rings. The van der Waals surface area contributed by atoms with Gasteiger partial charge < -0.3 is 15.4 Å². The molecule has 0 amide bonds. The Labute approximate surface area is 186 Å². The van der Waals surface area contributed by atoms with Gasteiger partial charge in [-0.3, -0.25) is 0 Å². The van der Waals surface area contributed by atoms with Crippen molar-refractivity contribution in [3.8, 4) is 11.1 Å². The van der Waals surface area contributed by atoms with Crippen LogP contribution in [0.2, 0.25) is 0 Å². The summed E-state index contributed by atoms with van der Waals surface area (Å²) in [5.74, 6) is -1.50. The molecule has 2 aromatic carbocycles. The van der Waals surface area contributed by atoms with Crippen LogP contribution in [-0.4, -0.2) is 49.0 Å². The Balaban J connectivity index is 2.38. The summed E-state index contributed by atoms with van der Waals surface area (Å²) < 4.78 is 42.9. The highest BCUT2D eigenvalue weighted by Crippen LogP contribution is 2.39. The van der Waals surface area contributed by atoms with E-state index >= 15 is 0 Å². The van der Waals surface area contributed by atoms with E-state index < -0.39 is 21.8 Å². The Morgan fingerprint density at radius 2 is 1.91 bits per heavy atom. The Bertz CT molecular complexity index is 1340. The lowest BCUT2D eigenvalue weighted by atomic mass is 9.97. The van der Waals surface area contributed by atoms with Crippen molar-refractivity contribution >= 4 is 26.9 Å². The predicted octanol–water partition coefficient (Wildman–Crippen LogP) is 3.69. The number of carboxylic acids is 1. The molecule has 0 spiro atoms. The monoisotopic (exact) mass is 459 g/mol. The number of hydrogen-bond acceptors (Lipinski definition) is 4. The zero-order valence-electron chi connectivity index (χ0n) is 18.4. The van der Waals surface area contributed by atoms with Crippen molar-refractivity contribution in [1.29, 1.82) is 0 Å². The number of aromatic carboxylic acids is 1. The van der Waals surface area contributed by atoms with Gasteiger partial charge in [0.05, 0.1) is 17.0 Å². The van der Waals surface area contributed by atoms with Gasteiger partial charge in [0.1, 0.15) is 5.83 Å². The SMILES string of the molecule is Cc1c(-c2c(C)n(CC(F)=CCN)c3ccc(C(=O)O)cc23)cccc1S(=O)(=O)N(C)C. The highest BCUT2D eigenvalue weighted by atomic mass is 32.2. The van der Waals surface area contributed by atoms with Gasteiger partial charge in [0, 0.05) is 42.8 Å². The maximum absolute atomic E-state index is 14.4. The molecule has 0 atom stereocenters. The molecule has 7 nitrogen and oxygen atoms in total. The fourth-order valence-corrected chi connectivity index (χ4v) is 5.00. The van der Waals surface area contributed by atoms with Crippen molar-refractivity contribution in [1.82, 2.24) is 8.87 Å². The van der Waals surface area contributed by atoms with Crippen LogP contribution in [0, 0.1) is 13.8 Å². The Morgan fingerprint density at radius 3 is 2.50 bits per heavy atom. The van der Waals surface area contributed by atoms with Gasteiger partial charge in [0.25, 0.3) is 0 Å². The average Bonchev–Trinajstić information content (AvgIpc) is 2.99. The number of carbonyl (C=O) groups is 1. The molecular formula is C23H26FN3O4S. The fraction of sp³-hybridized carbons (Fsp3) is 0.261. The van der Waals surface area contributed by atoms with E-state index in [1.165, 1.54) is 38.4 Å². The Kier molecular flexibility index (Phi) is 6.54. The average molecular weight is 460 g/mol. The van der Waals surface area contributed by atoms with Crippen molar-refractivity contribution in [3.63, 3.8) is 0 Å². The van der Waals surface area contributed by atoms with Crippen LogP contribution in [0.1, 0.15) is 21.6 Å². The molecule has 0 saturated carbocycles. The van der Waals surface area contributed by atoms with Crippen LogP contribution in [-0.2, 0) is 16.6 Å². The molecule has 0 saturated heterocycles. The zero-order chi connectivity index (χ0) is 23.8. The van der Waals surface area contributed by atoms with Gasteiger partial charge in [-0.05, 0) is 55.3 Å². The van der Waals surface area contributed by atoms with Crippen LogP contribution in [0.5, 0.6) is 0 Å². The quantitative estimate of drug-likeness (QED) is 0.561. The number of allylic oxidation sites excluding steroid dienone is 1. The molecule has 0 bridgehead atoms. The zero-order valence-corrected chi connectivity index (χ0v) is 19.2. The van der Waals surface area contributed by atoms with Gasteiger partial charge >= 0.3 is 5.97 Å². The van der Waals surface area contributed by atoms with Crippen LogP contribution in [0.25, 0.3) is 22.0 Å². The van der Waals surface area contributed by atoms with Gasteiger partial charge in [-0.2, -0.15) is 0 Å². The molecule has 0 unspecified atom stereocenters. The number of aromatic nitrogens is 1. The van der Waals surface area contributed by atoms with Crippen LogP contribution in [0.15, 0.2) is 53.2 Å². The number of carboxylic acid groups (broad SMARTS) is 1. The summed E-state index contributed by atoms with van der Waals surface area (Å²) in [5, 5.41) is 10.1. The number of sulfonamides is 1. The second kappa shape index (κ2) is 8.85. The van der Waals surface area contributed by atoms with E-state index in [0.717, 1.165) is 4.31 Å². The van der Waals surface area contributed by atoms with Crippen LogP contribution in [0.3, 0.4) is 0 Å². The third kappa shape index (κ3) is 4.06. The van der Waals surface area contributed by atoms with E-state index in [-0.39, 0.29) is 23.5 Å². The summed E-state index contributed by atoms with van der Waals surface area (Å²) in [6.07, 6.45) is 1.28. The summed E-state index contributed by atoms with van der Waals surface area (Å²) in [6, 6.07) is 9.62. The summed E-state index contributed by atoms with van der Waals surface area (Å²) in [7, 11) is -0.771. The predicted molar refractivity (Wildman–Crippen MR) is 123 cm³/mol. The van der Waals surface area contributed by atoms with Crippen LogP contribution >= 0.6 is 0 Å². The van der Waals surface area contributed by atoms with Crippen LogP contribution in [0.4, 0.5) is 4.39 Å². The molecule has 1 heterocycles. The second-order valence-corrected chi connectivity index (χ2v) is 9.81. The number of fused-ring (bicyclic) bond motifs is 1. The van der Waals surface area contributed by atoms with E-state index in [4.69, 9.17) is 5.73 Å². The van der Waals surface area contributed by atoms with E-state index in [1.54, 1.807) is 36.6 Å². The molecule has 0 radical (unpaired) electrons. The first kappa shape index (κ1) is 23.6.